The predicted molar refractivity (Wildman–Crippen MR) is 83.8 cm³/mol. The number of halogens is 1. The Kier molecular flexibility index (Phi) is 5.39. The van der Waals surface area contributed by atoms with Crippen molar-refractivity contribution in [1.82, 2.24) is 5.32 Å². The summed E-state index contributed by atoms with van der Waals surface area (Å²) in [6.45, 7) is 1.94. The molecule has 1 saturated carbocycles. The van der Waals surface area contributed by atoms with E-state index in [2.05, 4.69) is 21.2 Å². The number of hydrogen-bond acceptors (Lipinski definition) is 2. The van der Waals surface area contributed by atoms with Crippen molar-refractivity contribution in [2.45, 2.75) is 38.6 Å². The second-order valence-corrected chi connectivity index (χ2v) is 6.60. The fourth-order valence-corrected chi connectivity index (χ4v) is 3.26. The Bertz CT molecular complexity index is 532. The molecule has 3 unspecified atom stereocenters. The van der Waals surface area contributed by atoms with Crippen LogP contribution in [0.15, 0.2) is 28.7 Å². The Hall–Kier alpha value is -1.36. The van der Waals surface area contributed by atoms with Crippen molar-refractivity contribution in [3.05, 3.63) is 34.3 Å². The highest BCUT2D eigenvalue weighted by atomic mass is 79.9. The molecule has 0 aliphatic heterocycles. The molecule has 114 valence electrons. The zero-order chi connectivity index (χ0) is 15.4. The normalized spacial score (nSPS) is 23.3. The lowest BCUT2D eigenvalue weighted by molar-refractivity contribution is -0.144. The molecule has 1 aliphatic rings. The summed E-state index contributed by atoms with van der Waals surface area (Å²) in [5.41, 5.74) is 1.03. The molecule has 2 N–H and O–H groups in total. The van der Waals surface area contributed by atoms with Crippen LogP contribution in [0, 0.1) is 11.8 Å². The lowest BCUT2D eigenvalue weighted by atomic mass is 9.81. The molecule has 21 heavy (non-hydrogen) atoms. The minimum absolute atomic E-state index is 0.0339. The van der Waals surface area contributed by atoms with Crippen LogP contribution in [-0.4, -0.2) is 17.0 Å². The SMILES string of the molecule is CC(NC(=O)C1CCCC(C(=O)O)C1)c1cccc(Br)c1. The summed E-state index contributed by atoms with van der Waals surface area (Å²) in [5, 5.41) is 12.1. The van der Waals surface area contributed by atoms with Gasteiger partial charge in [-0.2, -0.15) is 0 Å². The molecule has 0 heterocycles. The first-order chi connectivity index (χ1) is 9.97. The van der Waals surface area contributed by atoms with Crippen LogP contribution >= 0.6 is 15.9 Å². The van der Waals surface area contributed by atoms with Crippen LogP contribution in [0.1, 0.15) is 44.2 Å². The smallest absolute Gasteiger partial charge is 0.306 e. The van der Waals surface area contributed by atoms with E-state index in [1.54, 1.807) is 0 Å². The monoisotopic (exact) mass is 353 g/mol. The zero-order valence-electron chi connectivity index (χ0n) is 12.0. The first kappa shape index (κ1) is 16.0. The van der Waals surface area contributed by atoms with Crippen LogP contribution in [-0.2, 0) is 9.59 Å². The largest absolute Gasteiger partial charge is 0.481 e. The van der Waals surface area contributed by atoms with Crippen LogP contribution in [0.2, 0.25) is 0 Å². The van der Waals surface area contributed by atoms with Gasteiger partial charge in [-0.3, -0.25) is 9.59 Å². The van der Waals surface area contributed by atoms with Crippen molar-refractivity contribution >= 4 is 27.8 Å². The van der Waals surface area contributed by atoms with Gasteiger partial charge >= 0.3 is 5.97 Å². The predicted octanol–water partition coefficient (Wildman–Crippen LogP) is 3.52. The minimum atomic E-state index is -0.785. The number of carboxylic acid groups (broad SMARTS) is 1. The highest BCUT2D eigenvalue weighted by Gasteiger charge is 2.31. The van der Waals surface area contributed by atoms with E-state index in [9.17, 15) is 9.59 Å². The van der Waals surface area contributed by atoms with E-state index in [0.29, 0.717) is 12.8 Å². The van der Waals surface area contributed by atoms with Crippen molar-refractivity contribution in [3.63, 3.8) is 0 Å². The van der Waals surface area contributed by atoms with E-state index in [1.165, 1.54) is 0 Å². The van der Waals surface area contributed by atoms with E-state index < -0.39 is 5.97 Å². The first-order valence-electron chi connectivity index (χ1n) is 7.26. The molecular weight excluding hydrogens is 334 g/mol. The molecule has 1 amide bonds. The molecule has 2 rings (SSSR count). The Labute approximate surface area is 133 Å². The summed E-state index contributed by atoms with van der Waals surface area (Å²) in [6, 6.07) is 7.74. The van der Waals surface area contributed by atoms with Crippen molar-refractivity contribution in [3.8, 4) is 0 Å². The standard InChI is InChI=1S/C16H20BrNO3/c1-10(11-4-3-7-14(17)9-11)18-15(19)12-5-2-6-13(8-12)16(20)21/h3-4,7,9-10,12-13H,2,5-6,8H2,1H3,(H,18,19)(H,20,21). The quantitative estimate of drug-likeness (QED) is 0.870. The fourth-order valence-electron chi connectivity index (χ4n) is 2.84. The molecule has 1 aliphatic carbocycles. The van der Waals surface area contributed by atoms with Gasteiger partial charge in [-0.05, 0) is 43.9 Å². The van der Waals surface area contributed by atoms with Gasteiger partial charge in [0.1, 0.15) is 0 Å². The summed E-state index contributed by atoms with van der Waals surface area (Å²) in [4.78, 5) is 23.4. The fraction of sp³-hybridized carbons (Fsp3) is 0.500. The topological polar surface area (TPSA) is 66.4 Å². The second-order valence-electron chi connectivity index (χ2n) is 5.68. The second kappa shape index (κ2) is 7.07. The highest BCUT2D eigenvalue weighted by Crippen LogP contribution is 2.30. The summed E-state index contributed by atoms with van der Waals surface area (Å²) in [7, 11) is 0. The Morgan fingerprint density at radius 3 is 2.71 bits per heavy atom. The highest BCUT2D eigenvalue weighted by molar-refractivity contribution is 9.10. The minimum Gasteiger partial charge on any atom is -0.481 e. The van der Waals surface area contributed by atoms with Crippen LogP contribution < -0.4 is 5.32 Å². The van der Waals surface area contributed by atoms with Gasteiger partial charge in [-0.15, -0.1) is 0 Å². The van der Waals surface area contributed by atoms with Gasteiger partial charge in [0.15, 0.2) is 0 Å². The van der Waals surface area contributed by atoms with E-state index >= 15 is 0 Å². The molecule has 1 aromatic rings. The number of carboxylic acids is 1. The third-order valence-corrected chi connectivity index (χ3v) is 4.59. The Morgan fingerprint density at radius 1 is 1.33 bits per heavy atom. The number of benzene rings is 1. The molecule has 0 bridgehead atoms. The van der Waals surface area contributed by atoms with E-state index in [-0.39, 0.29) is 23.8 Å². The summed E-state index contributed by atoms with van der Waals surface area (Å²) < 4.78 is 0.977. The number of rotatable bonds is 4. The number of hydrogen-bond donors (Lipinski definition) is 2. The van der Waals surface area contributed by atoms with Gasteiger partial charge in [0.25, 0.3) is 0 Å². The van der Waals surface area contributed by atoms with Crippen LogP contribution in [0.25, 0.3) is 0 Å². The van der Waals surface area contributed by atoms with Crippen molar-refractivity contribution in [1.29, 1.82) is 0 Å². The molecule has 1 aromatic carbocycles. The maximum absolute atomic E-state index is 12.3. The van der Waals surface area contributed by atoms with Gasteiger partial charge in [0.05, 0.1) is 12.0 Å². The van der Waals surface area contributed by atoms with Crippen molar-refractivity contribution in [2.75, 3.05) is 0 Å². The lowest BCUT2D eigenvalue weighted by Gasteiger charge is -2.27. The van der Waals surface area contributed by atoms with Crippen LogP contribution in [0.5, 0.6) is 0 Å². The van der Waals surface area contributed by atoms with E-state index in [1.807, 2.05) is 31.2 Å². The maximum Gasteiger partial charge on any atom is 0.306 e. The Balaban J connectivity index is 1.96. The average Bonchev–Trinajstić information content (AvgIpc) is 2.47. The molecule has 0 saturated heterocycles. The summed E-state index contributed by atoms with van der Waals surface area (Å²) in [6.07, 6.45) is 2.72. The zero-order valence-corrected chi connectivity index (χ0v) is 13.6. The van der Waals surface area contributed by atoms with Gasteiger partial charge < -0.3 is 10.4 Å². The van der Waals surface area contributed by atoms with E-state index in [0.717, 1.165) is 22.9 Å². The third kappa shape index (κ3) is 4.30. The molecule has 0 radical (unpaired) electrons. The third-order valence-electron chi connectivity index (χ3n) is 4.10. The van der Waals surface area contributed by atoms with Gasteiger partial charge in [0.2, 0.25) is 5.91 Å². The molecule has 0 aromatic heterocycles. The lowest BCUT2D eigenvalue weighted by Crippen LogP contribution is -2.36. The summed E-state index contributed by atoms with van der Waals surface area (Å²) >= 11 is 3.42. The first-order valence-corrected chi connectivity index (χ1v) is 8.05. The van der Waals surface area contributed by atoms with Crippen molar-refractivity contribution in [2.24, 2.45) is 11.8 Å². The van der Waals surface area contributed by atoms with Crippen LogP contribution in [0.3, 0.4) is 0 Å². The molecular formula is C16H20BrNO3. The van der Waals surface area contributed by atoms with Crippen molar-refractivity contribution < 1.29 is 14.7 Å². The van der Waals surface area contributed by atoms with Crippen LogP contribution in [0.4, 0.5) is 0 Å². The molecule has 0 spiro atoms. The number of nitrogens with one attached hydrogen (secondary N) is 1. The number of carbonyl (C=O) groups excluding carboxylic acids is 1. The molecule has 3 atom stereocenters. The average molecular weight is 354 g/mol. The maximum atomic E-state index is 12.3. The number of aliphatic carboxylic acids is 1. The van der Waals surface area contributed by atoms with Gasteiger partial charge in [-0.25, -0.2) is 0 Å². The Morgan fingerprint density at radius 2 is 2.05 bits per heavy atom. The number of amides is 1. The number of carbonyl (C=O) groups is 2. The van der Waals surface area contributed by atoms with E-state index in [4.69, 9.17) is 5.11 Å². The molecule has 1 fully saturated rings. The molecule has 4 nitrogen and oxygen atoms in total. The van der Waals surface area contributed by atoms with Gasteiger partial charge in [0, 0.05) is 10.4 Å². The summed E-state index contributed by atoms with van der Waals surface area (Å²) in [5.74, 6) is -1.38. The molecule has 5 heteroatoms. The van der Waals surface area contributed by atoms with Gasteiger partial charge in [-0.1, -0.05) is 34.5 Å².